The fourth-order valence-corrected chi connectivity index (χ4v) is 5.09. The maximum atomic E-state index is 12.9. The van der Waals surface area contributed by atoms with E-state index in [9.17, 15) is 25.4 Å². The van der Waals surface area contributed by atoms with Gasteiger partial charge in [0.15, 0.2) is 0 Å². The molecular weight excluding hydrogens is 464 g/mol. The largest absolute Gasteiger partial charge is 0.488 e. The highest BCUT2D eigenvalue weighted by atomic mass is 32.1. The molecule has 0 aliphatic heterocycles. The number of ether oxygens (including phenoxy) is 1. The van der Waals surface area contributed by atoms with Gasteiger partial charge in [-0.25, -0.2) is 0 Å². The number of nitrogens with one attached hydrogen (secondary N) is 1. The maximum Gasteiger partial charge on any atom is 0.269 e. The first-order valence-electron chi connectivity index (χ1n) is 10.9. The van der Waals surface area contributed by atoms with E-state index in [4.69, 9.17) is 4.74 Å². The van der Waals surface area contributed by atoms with Crippen LogP contribution in [0.2, 0.25) is 0 Å². The number of amides is 1. The summed E-state index contributed by atoms with van der Waals surface area (Å²) in [5.41, 5.74) is 2.64. The number of anilines is 1. The summed E-state index contributed by atoms with van der Waals surface area (Å²) in [4.78, 5) is 24.4. The monoisotopic (exact) mass is 484 g/mol. The Balaban J connectivity index is 1.52. The van der Waals surface area contributed by atoms with Gasteiger partial charge in [-0.1, -0.05) is 18.2 Å². The van der Waals surface area contributed by atoms with Crippen molar-refractivity contribution in [2.75, 3.05) is 5.32 Å². The van der Waals surface area contributed by atoms with Crippen LogP contribution in [-0.2, 0) is 24.2 Å². The Bertz CT molecular complexity index is 1390. The second-order valence-corrected chi connectivity index (χ2v) is 9.01. The van der Waals surface area contributed by atoms with E-state index < -0.39 is 10.8 Å². The molecule has 0 saturated carbocycles. The van der Waals surface area contributed by atoms with Gasteiger partial charge in [-0.3, -0.25) is 14.9 Å². The molecule has 1 amide bonds. The number of nitro groups is 1. The number of thiophene rings is 1. The number of fused-ring (bicyclic) bond motifs is 1. The molecule has 1 aromatic heterocycles. The molecule has 1 heterocycles. The molecule has 0 saturated heterocycles. The molecule has 9 heteroatoms. The standard InChI is InChI=1S/C26H20N4O4S/c27-14-19(25(31)29-26-22(15-28)21-6-2-4-8-24(21)35-26)13-18-5-1-3-7-23(18)34-16-17-9-11-20(12-10-17)30(32)33/h1,3,5,7,9-13H,2,4,6,8,16H2,(H,29,31)/b19-13+. The third-order valence-corrected chi connectivity index (χ3v) is 6.84. The lowest BCUT2D eigenvalue weighted by Crippen LogP contribution is -2.13. The van der Waals surface area contributed by atoms with Crippen LogP contribution in [0.5, 0.6) is 5.75 Å². The zero-order valence-electron chi connectivity index (χ0n) is 18.6. The predicted octanol–water partition coefficient (Wildman–Crippen LogP) is 5.53. The number of nitro benzene ring substituents is 1. The summed E-state index contributed by atoms with van der Waals surface area (Å²) < 4.78 is 5.86. The molecule has 0 radical (unpaired) electrons. The van der Waals surface area contributed by atoms with Crippen LogP contribution in [0.4, 0.5) is 10.7 Å². The minimum Gasteiger partial charge on any atom is -0.488 e. The molecule has 0 spiro atoms. The van der Waals surface area contributed by atoms with Crippen molar-refractivity contribution in [2.45, 2.75) is 32.3 Å². The van der Waals surface area contributed by atoms with E-state index in [1.165, 1.54) is 29.5 Å². The summed E-state index contributed by atoms with van der Waals surface area (Å²) in [6.07, 6.45) is 5.24. The maximum absolute atomic E-state index is 12.9. The lowest BCUT2D eigenvalue weighted by molar-refractivity contribution is -0.384. The average Bonchev–Trinajstić information content (AvgIpc) is 3.23. The van der Waals surface area contributed by atoms with Crippen molar-refractivity contribution >= 4 is 34.0 Å². The van der Waals surface area contributed by atoms with E-state index in [0.717, 1.165) is 41.7 Å². The Morgan fingerprint density at radius 3 is 2.60 bits per heavy atom. The van der Waals surface area contributed by atoms with Gasteiger partial charge in [0, 0.05) is 22.6 Å². The number of para-hydroxylation sites is 1. The molecule has 0 bridgehead atoms. The number of rotatable bonds is 7. The van der Waals surface area contributed by atoms with Crippen LogP contribution in [0, 0.1) is 32.8 Å². The molecule has 174 valence electrons. The minimum absolute atomic E-state index is 0.00657. The average molecular weight is 485 g/mol. The Morgan fingerprint density at radius 1 is 1.14 bits per heavy atom. The Kier molecular flexibility index (Phi) is 7.20. The summed E-state index contributed by atoms with van der Waals surface area (Å²) >= 11 is 1.40. The number of carbonyl (C=O) groups excluding carboxylic acids is 1. The topological polar surface area (TPSA) is 129 Å². The number of nitriles is 2. The molecule has 3 aromatic rings. The SMILES string of the molecule is N#C/C(=C\c1ccccc1OCc1ccc([N+](=O)[O-])cc1)C(=O)Nc1sc2c(c1C#N)CCCC2. The molecule has 0 atom stereocenters. The van der Waals surface area contributed by atoms with E-state index in [-0.39, 0.29) is 17.9 Å². The van der Waals surface area contributed by atoms with E-state index in [1.54, 1.807) is 36.4 Å². The Morgan fingerprint density at radius 2 is 1.89 bits per heavy atom. The van der Waals surface area contributed by atoms with Crippen molar-refractivity contribution < 1.29 is 14.5 Å². The van der Waals surface area contributed by atoms with Gasteiger partial charge in [-0.05, 0) is 61.1 Å². The number of hydrogen-bond donors (Lipinski definition) is 1. The smallest absolute Gasteiger partial charge is 0.269 e. The van der Waals surface area contributed by atoms with Crippen LogP contribution in [-0.4, -0.2) is 10.8 Å². The lowest BCUT2D eigenvalue weighted by Gasteiger charge is -2.10. The van der Waals surface area contributed by atoms with Crippen LogP contribution in [0.15, 0.2) is 54.1 Å². The highest BCUT2D eigenvalue weighted by molar-refractivity contribution is 7.16. The second kappa shape index (κ2) is 10.6. The van der Waals surface area contributed by atoms with E-state index in [2.05, 4.69) is 11.4 Å². The summed E-state index contributed by atoms with van der Waals surface area (Å²) in [5.74, 6) is -0.136. The van der Waals surface area contributed by atoms with Crippen LogP contribution in [0.25, 0.3) is 6.08 Å². The van der Waals surface area contributed by atoms with Gasteiger partial charge in [-0.2, -0.15) is 10.5 Å². The van der Waals surface area contributed by atoms with E-state index >= 15 is 0 Å². The quantitative estimate of drug-likeness (QED) is 0.203. The van der Waals surface area contributed by atoms with Crippen molar-refractivity contribution in [3.05, 3.63) is 91.3 Å². The number of nitrogens with zero attached hydrogens (tertiary/aromatic N) is 3. The number of benzene rings is 2. The highest BCUT2D eigenvalue weighted by Crippen LogP contribution is 2.37. The van der Waals surface area contributed by atoms with Gasteiger partial charge in [-0.15, -0.1) is 11.3 Å². The molecule has 35 heavy (non-hydrogen) atoms. The van der Waals surface area contributed by atoms with Crippen molar-refractivity contribution in [3.8, 4) is 17.9 Å². The number of carbonyl (C=O) groups is 1. The first-order valence-corrected chi connectivity index (χ1v) is 11.7. The van der Waals surface area contributed by atoms with Gasteiger partial charge < -0.3 is 10.1 Å². The summed E-state index contributed by atoms with van der Waals surface area (Å²) in [6.45, 7) is 0.156. The predicted molar refractivity (Wildman–Crippen MR) is 132 cm³/mol. The molecule has 0 unspecified atom stereocenters. The fourth-order valence-electron chi connectivity index (χ4n) is 3.85. The molecule has 2 aromatic carbocycles. The zero-order valence-corrected chi connectivity index (χ0v) is 19.4. The van der Waals surface area contributed by atoms with Crippen molar-refractivity contribution in [3.63, 3.8) is 0 Å². The third-order valence-electron chi connectivity index (χ3n) is 5.64. The molecule has 1 aliphatic carbocycles. The van der Waals surface area contributed by atoms with Crippen molar-refractivity contribution in [1.82, 2.24) is 0 Å². The van der Waals surface area contributed by atoms with E-state index in [1.807, 2.05) is 6.07 Å². The van der Waals surface area contributed by atoms with Gasteiger partial charge in [0.1, 0.15) is 35.1 Å². The number of hydrogen-bond acceptors (Lipinski definition) is 7. The molecule has 0 fully saturated rings. The second-order valence-electron chi connectivity index (χ2n) is 7.90. The Hall–Kier alpha value is -4.47. The normalized spacial score (nSPS) is 12.7. The fraction of sp³-hybridized carbons (Fsp3) is 0.192. The van der Waals surface area contributed by atoms with Gasteiger partial charge in [0.05, 0.1) is 10.5 Å². The van der Waals surface area contributed by atoms with Crippen LogP contribution in [0.1, 0.15) is 40.0 Å². The molecule has 4 rings (SSSR count). The summed E-state index contributed by atoms with van der Waals surface area (Å²) in [7, 11) is 0. The van der Waals surface area contributed by atoms with Crippen LogP contribution >= 0.6 is 11.3 Å². The molecule has 1 aliphatic rings. The highest BCUT2D eigenvalue weighted by Gasteiger charge is 2.23. The molecular formula is C26H20N4O4S. The lowest BCUT2D eigenvalue weighted by atomic mass is 9.96. The Labute approximate surface area is 205 Å². The van der Waals surface area contributed by atoms with Crippen LogP contribution in [0.3, 0.4) is 0 Å². The number of aryl methyl sites for hydroxylation is 1. The first-order chi connectivity index (χ1) is 17.0. The first kappa shape index (κ1) is 23.7. The number of non-ortho nitro benzene ring substituents is 1. The van der Waals surface area contributed by atoms with Gasteiger partial charge in [0.2, 0.25) is 0 Å². The molecule has 1 N–H and O–H groups in total. The zero-order chi connectivity index (χ0) is 24.8. The minimum atomic E-state index is -0.590. The van der Waals surface area contributed by atoms with Gasteiger partial charge in [0.25, 0.3) is 11.6 Å². The summed E-state index contributed by atoms with van der Waals surface area (Å²) in [5, 5.41) is 33.3. The van der Waals surface area contributed by atoms with Crippen molar-refractivity contribution in [2.24, 2.45) is 0 Å². The third kappa shape index (κ3) is 5.37. The van der Waals surface area contributed by atoms with Crippen LogP contribution < -0.4 is 10.1 Å². The summed E-state index contributed by atoms with van der Waals surface area (Å²) in [6, 6.07) is 17.1. The van der Waals surface area contributed by atoms with Crippen molar-refractivity contribution in [1.29, 1.82) is 10.5 Å². The van der Waals surface area contributed by atoms with Gasteiger partial charge >= 0.3 is 0 Å². The van der Waals surface area contributed by atoms with E-state index in [0.29, 0.717) is 21.9 Å². The molecule has 8 nitrogen and oxygen atoms in total.